The molecule has 0 aliphatic carbocycles. The summed E-state index contributed by atoms with van der Waals surface area (Å²) in [6.45, 7) is 4.12. The zero-order chi connectivity index (χ0) is 19.6. The van der Waals surface area contributed by atoms with E-state index in [1.165, 1.54) is 7.11 Å². The first-order chi connectivity index (χ1) is 13.5. The van der Waals surface area contributed by atoms with Gasteiger partial charge >= 0.3 is 5.97 Å². The summed E-state index contributed by atoms with van der Waals surface area (Å²) < 4.78 is 17.1. The van der Waals surface area contributed by atoms with Crippen molar-refractivity contribution in [2.75, 3.05) is 7.11 Å². The van der Waals surface area contributed by atoms with Gasteiger partial charge in [-0.2, -0.15) is 0 Å². The molecule has 5 heteroatoms. The molecular formula is C23H20O5. The molecule has 142 valence electrons. The molecule has 2 atom stereocenters. The van der Waals surface area contributed by atoms with E-state index in [2.05, 4.69) is 13.0 Å². The first-order valence-electron chi connectivity index (χ1n) is 9.26. The van der Waals surface area contributed by atoms with Crippen molar-refractivity contribution in [2.24, 2.45) is 0 Å². The van der Waals surface area contributed by atoms with Crippen molar-refractivity contribution in [3.8, 4) is 17.2 Å². The van der Waals surface area contributed by atoms with Crippen molar-refractivity contribution in [1.82, 2.24) is 0 Å². The van der Waals surface area contributed by atoms with E-state index in [9.17, 15) is 9.90 Å². The first kappa shape index (κ1) is 16.9. The minimum atomic E-state index is -0.440. The van der Waals surface area contributed by atoms with Crippen LogP contribution in [0.3, 0.4) is 0 Å². The quantitative estimate of drug-likeness (QED) is 0.682. The molecule has 3 aromatic rings. The molecule has 0 unspecified atom stereocenters. The van der Waals surface area contributed by atoms with Crippen LogP contribution >= 0.6 is 0 Å². The van der Waals surface area contributed by atoms with Gasteiger partial charge in [0.25, 0.3) is 6.29 Å². The zero-order valence-electron chi connectivity index (χ0n) is 15.9. The molecule has 5 nitrogen and oxygen atoms in total. The lowest BCUT2D eigenvalue weighted by Gasteiger charge is -2.15. The van der Waals surface area contributed by atoms with Crippen LogP contribution in [0.1, 0.15) is 33.7 Å². The molecule has 2 aliphatic rings. The second-order valence-corrected chi connectivity index (χ2v) is 7.47. The van der Waals surface area contributed by atoms with Crippen molar-refractivity contribution < 1.29 is 24.1 Å². The molecule has 0 radical (unpaired) electrons. The average molecular weight is 376 g/mol. The summed E-state index contributed by atoms with van der Waals surface area (Å²) in [5.41, 5.74) is 4.91. The minimum Gasteiger partial charge on any atom is -0.508 e. The summed E-state index contributed by atoms with van der Waals surface area (Å²) in [5, 5.41) is 12.3. The molecule has 5 rings (SSSR count). The van der Waals surface area contributed by atoms with Crippen LogP contribution in [0, 0.1) is 13.8 Å². The number of esters is 1. The number of aromatic hydroxyl groups is 1. The predicted molar refractivity (Wildman–Crippen MR) is 104 cm³/mol. The summed E-state index contributed by atoms with van der Waals surface area (Å²) in [6.07, 6.45) is -0.446. The number of carbonyl (C=O) groups is 1. The van der Waals surface area contributed by atoms with Crippen LogP contribution in [-0.4, -0.2) is 24.5 Å². The Bertz CT molecular complexity index is 1150. The summed E-state index contributed by atoms with van der Waals surface area (Å²) >= 11 is 0. The number of phenolic OH excluding ortho intramolecular Hbond substituents is 1. The van der Waals surface area contributed by atoms with Crippen molar-refractivity contribution in [1.29, 1.82) is 0 Å². The predicted octanol–water partition coefficient (Wildman–Crippen LogP) is 4.12. The van der Waals surface area contributed by atoms with E-state index in [0.29, 0.717) is 5.56 Å². The van der Waals surface area contributed by atoms with Crippen molar-refractivity contribution >= 4 is 16.7 Å². The Morgan fingerprint density at radius 3 is 2.61 bits per heavy atom. The molecule has 0 bridgehead atoms. The van der Waals surface area contributed by atoms with Crippen LogP contribution in [0.4, 0.5) is 0 Å². The molecule has 0 saturated heterocycles. The number of benzene rings is 3. The molecular weight excluding hydrogens is 356 g/mol. The van der Waals surface area contributed by atoms with Crippen molar-refractivity contribution in [3.05, 3.63) is 64.2 Å². The van der Waals surface area contributed by atoms with Crippen LogP contribution in [0.25, 0.3) is 10.8 Å². The minimum absolute atomic E-state index is 0.00585. The smallest absolute Gasteiger partial charge is 0.310 e. The Labute approximate surface area is 162 Å². The highest BCUT2D eigenvalue weighted by molar-refractivity contribution is 5.96. The monoisotopic (exact) mass is 376 g/mol. The van der Waals surface area contributed by atoms with Crippen LogP contribution in [0.2, 0.25) is 0 Å². The third-order valence-corrected chi connectivity index (χ3v) is 5.69. The highest BCUT2D eigenvalue weighted by atomic mass is 16.7. The molecule has 2 heterocycles. The fraction of sp³-hybridized carbons (Fsp3) is 0.261. The van der Waals surface area contributed by atoms with E-state index < -0.39 is 12.3 Å². The maximum atomic E-state index is 12.0. The number of fused-ring (bicyclic) bond motifs is 7. The Kier molecular flexibility index (Phi) is 3.56. The van der Waals surface area contributed by atoms with Crippen LogP contribution in [0.15, 0.2) is 36.4 Å². The summed E-state index contributed by atoms with van der Waals surface area (Å²) in [4.78, 5) is 12.0. The average Bonchev–Trinajstić information content (AvgIpc) is 3.18. The Morgan fingerprint density at radius 1 is 1.07 bits per heavy atom. The molecule has 28 heavy (non-hydrogen) atoms. The zero-order valence-corrected chi connectivity index (χ0v) is 15.9. The van der Waals surface area contributed by atoms with Gasteiger partial charge in [0.05, 0.1) is 19.4 Å². The van der Waals surface area contributed by atoms with E-state index in [0.717, 1.165) is 44.5 Å². The van der Waals surface area contributed by atoms with Gasteiger partial charge in [-0.05, 0) is 53.9 Å². The number of phenols is 1. The van der Waals surface area contributed by atoms with E-state index in [1.807, 2.05) is 31.2 Å². The molecule has 0 saturated carbocycles. The molecule has 0 aromatic heterocycles. The fourth-order valence-corrected chi connectivity index (χ4v) is 4.56. The van der Waals surface area contributed by atoms with Gasteiger partial charge in [-0.3, -0.25) is 4.79 Å². The van der Waals surface area contributed by atoms with Gasteiger partial charge in [0.15, 0.2) is 0 Å². The van der Waals surface area contributed by atoms with Crippen molar-refractivity contribution in [2.45, 2.75) is 32.5 Å². The van der Waals surface area contributed by atoms with Crippen LogP contribution < -0.4 is 9.47 Å². The highest BCUT2D eigenvalue weighted by Gasteiger charge is 2.46. The largest absolute Gasteiger partial charge is 0.508 e. The van der Waals surface area contributed by atoms with Crippen molar-refractivity contribution in [3.63, 3.8) is 0 Å². The lowest BCUT2D eigenvalue weighted by Crippen LogP contribution is -2.20. The summed E-state index contributed by atoms with van der Waals surface area (Å²) in [6, 6.07) is 11.5. The van der Waals surface area contributed by atoms with Gasteiger partial charge in [0.2, 0.25) is 0 Å². The standard InChI is InChI=1S/C23H20O5/c1-11-8-12(2)19-17(9-11)28-23-22(19)21-16(27-23)7-5-13-4-6-15(24)14(20(13)21)10-18(25)26-3/h4-9,22-24H,10H2,1-3H3/t22-,23-/m0/s1. The van der Waals surface area contributed by atoms with Gasteiger partial charge in [0, 0.05) is 16.7 Å². The van der Waals surface area contributed by atoms with E-state index in [1.54, 1.807) is 6.07 Å². The normalized spacial score (nSPS) is 18.8. The number of rotatable bonds is 2. The molecule has 0 fully saturated rings. The Morgan fingerprint density at radius 2 is 1.82 bits per heavy atom. The SMILES string of the molecule is COC(=O)Cc1c(O)ccc2ccc3c(c12)[C@@H]1c2c(C)cc(C)cc2O[C@@H]1O3. The second kappa shape index (κ2) is 5.89. The van der Waals surface area contributed by atoms with Crippen LogP contribution in [0.5, 0.6) is 17.2 Å². The highest BCUT2D eigenvalue weighted by Crippen LogP contribution is 2.54. The molecule has 3 aromatic carbocycles. The third kappa shape index (κ3) is 2.29. The van der Waals surface area contributed by atoms with E-state index in [-0.39, 0.29) is 18.1 Å². The number of hydrogen-bond acceptors (Lipinski definition) is 5. The first-order valence-corrected chi connectivity index (χ1v) is 9.26. The number of ether oxygens (including phenoxy) is 3. The number of carbonyl (C=O) groups excluding carboxylic acids is 1. The Hall–Kier alpha value is -3.21. The number of hydrogen-bond donors (Lipinski definition) is 1. The summed E-state index contributed by atoms with van der Waals surface area (Å²) in [7, 11) is 1.35. The van der Waals surface area contributed by atoms with Gasteiger partial charge in [-0.15, -0.1) is 0 Å². The Balaban J connectivity index is 1.80. The van der Waals surface area contributed by atoms with Gasteiger partial charge in [-0.25, -0.2) is 0 Å². The lowest BCUT2D eigenvalue weighted by molar-refractivity contribution is -0.139. The maximum absolute atomic E-state index is 12.0. The molecule has 0 spiro atoms. The van der Waals surface area contributed by atoms with Gasteiger partial charge < -0.3 is 19.3 Å². The maximum Gasteiger partial charge on any atom is 0.310 e. The molecule has 2 aliphatic heterocycles. The number of aryl methyl sites for hydroxylation is 2. The van der Waals surface area contributed by atoms with Gasteiger partial charge in [0.1, 0.15) is 17.2 Å². The lowest BCUT2D eigenvalue weighted by atomic mass is 9.84. The molecule has 0 amide bonds. The second-order valence-electron chi connectivity index (χ2n) is 7.47. The van der Waals surface area contributed by atoms with E-state index >= 15 is 0 Å². The third-order valence-electron chi connectivity index (χ3n) is 5.69. The number of methoxy groups -OCH3 is 1. The summed E-state index contributed by atoms with van der Waals surface area (Å²) in [5.74, 6) is 1.14. The van der Waals surface area contributed by atoms with Gasteiger partial charge in [-0.1, -0.05) is 18.2 Å². The topological polar surface area (TPSA) is 65.0 Å². The van der Waals surface area contributed by atoms with Crippen LogP contribution in [-0.2, 0) is 16.0 Å². The fourth-order valence-electron chi connectivity index (χ4n) is 4.56. The molecule has 1 N–H and O–H groups in total. The van der Waals surface area contributed by atoms with E-state index in [4.69, 9.17) is 14.2 Å².